The molecule has 2 unspecified atom stereocenters. The Bertz CT molecular complexity index is 2000. The normalized spacial score (nSPS) is 19.1. The number of aliphatic hydroxyl groups excluding tert-OH is 2. The second kappa shape index (κ2) is 19.6. The van der Waals surface area contributed by atoms with Crippen molar-refractivity contribution in [3.05, 3.63) is 155 Å². The van der Waals surface area contributed by atoms with Gasteiger partial charge in [-0.15, -0.1) is 26.3 Å². The number of rotatable bonds is 20. The number of carbonyl (C=O) groups excluding carboxylic acids is 6. The summed E-state index contributed by atoms with van der Waals surface area (Å²) in [4.78, 5) is 87.0. The molecule has 2 atom stereocenters. The van der Waals surface area contributed by atoms with E-state index in [1.807, 2.05) is 0 Å². The fourth-order valence-corrected chi connectivity index (χ4v) is 7.82. The molecule has 2 aliphatic carbocycles. The third-order valence-electron chi connectivity index (χ3n) is 11.4. The topological polar surface area (TPSA) is 143 Å². The number of benzene rings is 2. The Kier molecular flexibility index (Phi) is 15.2. The fraction of sp³-hybridized carbons (Fsp3) is 0.333. The molecule has 0 heterocycles. The van der Waals surface area contributed by atoms with Crippen molar-refractivity contribution >= 4 is 46.9 Å². The monoisotopic (exact) mass is 796 g/mol. The second-order valence-corrected chi connectivity index (χ2v) is 16.4. The van der Waals surface area contributed by atoms with Gasteiger partial charge in [0.2, 0.25) is 0 Å². The Morgan fingerprint density at radius 2 is 0.831 bits per heavy atom. The molecule has 0 radical (unpaired) electrons. The lowest BCUT2D eigenvalue weighted by Gasteiger charge is -2.41. The lowest BCUT2D eigenvalue weighted by atomic mass is 9.59. The van der Waals surface area contributed by atoms with E-state index in [4.69, 9.17) is 0 Å². The van der Waals surface area contributed by atoms with E-state index in [1.54, 1.807) is 88.4 Å². The highest BCUT2D eigenvalue weighted by molar-refractivity contribution is 6.32. The zero-order chi connectivity index (χ0) is 43.7. The van der Waals surface area contributed by atoms with Gasteiger partial charge in [0.1, 0.15) is 23.4 Å². The van der Waals surface area contributed by atoms with Crippen molar-refractivity contribution in [1.82, 2.24) is 0 Å². The molecule has 8 heteroatoms. The molecule has 0 bridgehead atoms. The molecule has 2 aliphatic rings. The summed E-state index contributed by atoms with van der Waals surface area (Å²) in [6.07, 6.45) is 5.56. The molecule has 0 saturated carbocycles. The zero-order valence-corrected chi connectivity index (χ0v) is 34.8. The summed E-state index contributed by atoms with van der Waals surface area (Å²) in [6.45, 7) is 23.0. The number of Topliss-reactive ketones (excluding diaryl/α,β-unsaturated/α-hetero) is 4. The van der Waals surface area contributed by atoms with Gasteiger partial charge in [0.15, 0.2) is 34.7 Å². The molecule has 59 heavy (non-hydrogen) atoms. The van der Waals surface area contributed by atoms with Crippen molar-refractivity contribution in [2.24, 2.45) is 22.7 Å². The molecule has 2 N–H and O–H groups in total. The summed E-state index contributed by atoms with van der Waals surface area (Å²) in [7, 11) is 0. The van der Waals surface area contributed by atoms with Gasteiger partial charge >= 0.3 is 0 Å². The molecule has 2 aromatic rings. The lowest BCUT2D eigenvalue weighted by molar-refractivity contribution is -0.146. The average Bonchev–Trinajstić information content (AvgIpc) is 3.19. The number of allylic oxidation sites excluding steroid dienone is 10. The summed E-state index contributed by atoms with van der Waals surface area (Å²) in [5.41, 5.74) is -0.298. The molecule has 8 nitrogen and oxygen atoms in total. The number of hydrogen-bond donors (Lipinski definition) is 2. The first kappa shape index (κ1) is 45.7. The van der Waals surface area contributed by atoms with Gasteiger partial charge in [0, 0.05) is 17.6 Å². The van der Waals surface area contributed by atoms with Gasteiger partial charge in [-0.2, -0.15) is 0 Å². The van der Waals surface area contributed by atoms with Gasteiger partial charge < -0.3 is 10.2 Å². The summed E-state index contributed by atoms with van der Waals surface area (Å²) in [5.74, 6) is -10.3. The number of hydrogen-bond acceptors (Lipinski definition) is 8. The quantitative estimate of drug-likeness (QED) is 0.0766. The minimum Gasteiger partial charge on any atom is -0.511 e. The second-order valence-electron chi connectivity index (χ2n) is 16.4. The highest BCUT2D eigenvalue weighted by atomic mass is 16.3. The molecular weight excluding hydrogens is 741 g/mol. The Labute approximate surface area is 348 Å². The minimum atomic E-state index is -1.89. The molecular formula is C51H56O8. The van der Waals surface area contributed by atoms with Crippen molar-refractivity contribution in [1.29, 1.82) is 0 Å². The van der Waals surface area contributed by atoms with E-state index in [9.17, 15) is 39.0 Å². The van der Waals surface area contributed by atoms with Crippen LogP contribution in [0.4, 0.5) is 0 Å². The summed E-state index contributed by atoms with van der Waals surface area (Å²) in [6, 6.07) is 17.7. The van der Waals surface area contributed by atoms with Crippen molar-refractivity contribution < 1.29 is 39.0 Å². The Morgan fingerprint density at radius 1 is 0.542 bits per heavy atom. The van der Waals surface area contributed by atoms with Crippen LogP contribution in [0.2, 0.25) is 0 Å². The van der Waals surface area contributed by atoms with Gasteiger partial charge in [-0.05, 0) is 102 Å². The highest BCUT2D eigenvalue weighted by Gasteiger charge is 2.58. The first-order valence-corrected chi connectivity index (χ1v) is 20.0. The molecule has 0 aromatic heterocycles. The smallest absolute Gasteiger partial charge is 0.180 e. The Morgan fingerprint density at radius 3 is 1.10 bits per heavy atom. The van der Waals surface area contributed by atoms with Crippen LogP contribution in [0.15, 0.2) is 144 Å². The lowest BCUT2D eigenvalue weighted by Crippen LogP contribution is -2.51. The number of carbonyl (C=O) groups is 6. The zero-order valence-electron chi connectivity index (χ0n) is 34.8. The average molecular weight is 797 g/mol. The Hall–Kier alpha value is -6.02. The third kappa shape index (κ3) is 10.4. The largest absolute Gasteiger partial charge is 0.511 e. The van der Waals surface area contributed by atoms with E-state index in [-0.39, 0.29) is 51.4 Å². The third-order valence-corrected chi connectivity index (χ3v) is 11.4. The van der Waals surface area contributed by atoms with Gasteiger partial charge in [-0.25, -0.2) is 0 Å². The predicted octanol–water partition coefficient (Wildman–Crippen LogP) is 10.5. The van der Waals surface area contributed by atoms with Crippen LogP contribution < -0.4 is 0 Å². The van der Waals surface area contributed by atoms with Crippen molar-refractivity contribution in [2.75, 3.05) is 0 Å². The van der Waals surface area contributed by atoms with Crippen LogP contribution >= 0.6 is 0 Å². The molecule has 308 valence electrons. The molecule has 0 saturated heterocycles. The first-order chi connectivity index (χ1) is 27.9. The maximum absolute atomic E-state index is 14.7. The fourth-order valence-electron chi connectivity index (χ4n) is 7.82. The van der Waals surface area contributed by atoms with E-state index in [2.05, 4.69) is 26.3 Å². The minimum absolute atomic E-state index is 0.00669. The summed E-state index contributed by atoms with van der Waals surface area (Å²) < 4.78 is 0. The molecule has 0 amide bonds. The molecule has 4 rings (SSSR count). The van der Waals surface area contributed by atoms with Crippen molar-refractivity contribution in [3.63, 3.8) is 0 Å². The van der Waals surface area contributed by atoms with Crippen LogP contribution in [0.25, 0.3) is 12.2 Å². The molecule has 0 spiro atoms. The van der Waals surface area contributed by atoms with Crippen LogP contribution in [0.3, 0.4) is 0 Å². The van der Waals surface area contributed by atoms with E-state index in [0.29, 0.717) is 33.4 Å². The van der Waals surface area contributed by atoms with Crippen LogP contribution in [-0.2, 0) is 28.8 Å². The van der Waals surface area contributed by atoms with Gasteiger partial charge in [-0.3, -0.25) is 28.8 Å². The van der Waals surface area contributed by atoms with E-state index in [0.717, 1.165) is 12.2 Å². The Balaban J connectivity index is 2.00. The van der Waals surface area contributed by atoms with Gasteiger partial charge in [0.05, 0.1) is 10.8 Å². The van der Waals surface area contributed by atoms with Gasteiger partial charge in [0.25, 0.3) is 0 Å². The maximum Gasteiger partial charge on any atom is 0.180 e. The van der Waals surface area contributed by atoms with Crippen molar-refractivity contribution in [2.45, 2.75) is 85.5 Å². The number of aliphatic hydroxyl groups is 2. The van der Waals surface area contributed by atoms with Gasteiger partial charge in [-0.1, -0.05) is 95.1 Å². The van der Waals surface area contributed by atoms with Crippen molar-refractivity contribution in [3.8, 4) is 0 Å². The van der Waals surface area contributed by atoms with E-state index >= 15 is 0 Å². The molecule has 0 fully saturated rings. The van der Waals surface area contributed by atoms with E-state index in [1.165, 1.54) is 12.2 Å². The molecule has 2 aromatic carbocycles. The number of ketones is 6. The first-order valence-electron chi connectivity index (χ1n) is 20.0. The van der Waals surface area contributed by atoms with Crippen LogP contribution in [0.5, 0.6) is 0 Å². The highest BCUT2D eigenvalue weighted by Crippen LogP contribution is 2.51. The molecule has 0 aliphatic heterocycles. The van der Waals surface area contributed by atoms with Crippen LogP contribution in [-0.4, -0.2) is 44.9 Å². The maximum atomic E-state index is 14.7. The van der Waals surface area contributed by atoms with Crippen LogP contribution in [0, 0.1) is 22.7 Å². The SMILES string of the molecule is C=C(C)CCC1(CCC(=C)C)C(=O)C(C(=O)C=Cc2ccccc2)C(=O)C(CC2=C(O)C(CCC(=C)C)(CCC(=C)C)C(=O)C(C(=O)C=Cc3ccccc3)C2=O)=C1O. The summed E-state index contributed by atoms with van der Waals surface area (Å²) in [5, 5.41) is 24.7. The van der Waals surface area contributed by atoms with Crippen LogP contribution in [0.1, 0.15) is 96.6 Å². The standard InChI is InChI=1S/C51H56O8/c1-32(2)23-27-50(28-24-33(3)4)46(56)38(44(54)42(48(50)58)40(52)21-19-36-15-11-9-12-16-36)31-39-45(55)43(41(53)22-20-37-17-13-10-14-18-37)49(59)51(47(39)57,29-25-34(5)6)30-26-35(7)8/h9-22,42-43,56-57H,1,3,5,7,23-31H2,2,4,6,8H3. The predicted molar refractivity (Wildman–Crippen MR) is 233 cm³/mol. The van der Waals surface area contributed by atoms with E-state index < -0.39 is 86.5 Å². The summed E-state index contributed by atoms with van der Waals surface area (Å²) >= 11 is 0.